The van der Waals surface area contributed by atoms with Crippen molar-refractivity contribution in [1.29, 1.82) is 0 Å². The lowest BCUT2D eigenvalue weighted by atomic mass is 10.2. The van der Waals surface area contributed by atoms with Gasteiger partial charge < -0.3 is 14.5 Å². The maximum Gasteiger partial charge on any atom is 0.326 e. The minimum Gasteiger partial charge on any atom is -0.480 e. The van der Waals surface area contributed by atoms with Gasteiger partial charge in [0.2, 0.25) is 17.6 Å². The number of rotatable bonds is 6. The number of thiophene rings is 1. The Hall–Kier alpha value is -2.22. The molecule has 1 aliphatic rings. The highest BCUT2D eigenvalue weighted by molar-refractivity contribution is 7.13. The maximum atomic E-state index is 12.1. The van der Waals surface area contributed by atoms with Gasteiger partial charge in [0.25, 0.3) is 0 Å². The number of carbonyl (C=O) groups excluding carboxylic acids is 1. The zero-order chi connectivity index (χ0) is 16.2. The Balaban J connectivity index is 1.50. The second-order valence-electron chi connectivity index (χ2n) is 5.43. The molecular formula is C15H17N3O4S. The fraction of sp³-hybridized carbons (Fsp3) is 0.467. The zero-order valence-electron chi connectivity index (χ0n) is 12.5. The number of hydrogen-bond acceptors (Lipinski definition) is 6. The molecule has 122 valence electrons. The number of aromatic nitrogens is 2. The van der Waals surface area contributed by atoms with Gasteiger partial charge in [0.1, 0.15) is 6.04 Å². The smallest absolute Gasteiger partial charge is 0.326 e. The van der Waals surface area contributed by atoms with Gasteiger partial charge in [-0.05, 0) is 30.7 Å². The number of carboxylic acids is 1. The van der Waals surface area contributed by atoms with Gasteiger partial charge in [0, 0.05) is 19.4 Å². The first-order valence-corrected chi connectivity index (χ1v) is 8.42. The summed E-state index contributed by atoms with van der Waals surface area (Å²) in [6.45, 7) is 0.527. The highest BCUT2D eigenvalue weighted by Crippen LogP contribution is 2.22. The number of likely N-dealkylation sites (tertiary alicyclic amines) is 1. The van der Waals surface area contributed by atoms with E-state index in [1.807, 2.05) is 17.5 Å². The van der Waals surface area contributed by atoms with Crippen LogP contribution in [0.15, 0.2) is 22.0 Å². The Morgan fingerprint density at radius 3 is 3.09 bits per heavy atom. The number of hydrogen-bond donors (Lipinski definition) is 1. The molecular weight excluding hydrogens is 318 g/mol. The summed E-state index contributed by atoms with van der Waals surface area (Å²) >= 11 is 1.54. The number of aryl methyl sites for hydroxylation is 1. The molecule has 1 fully saturated rings. The molecule has 2 aromatic heterocycles. The van der Waals surface area contributed by atoms with E-state index in [1.165, 1.54) is 16.2 Å². The molecule has 0 unspecified atom stereocenters. The first kappa shape index (κ1) is 15.7. The van der Waals surface area contributed by atoms with E-state index >= 15 is 0 Å². The van der Waals surface area contributed by atoms with Gasteiger partial charge in [-0.3, -0.25) is 4.79 Å². The minimum absolute atomic E-state index is 0.118. The molecule has 0 radical (unpaired) electrons. The summed E-state index contributed by atoms with van der Waals surface area (Å²) < 4.78 is 5.18. The van der Waals surface area contributed by atoms with Crippen molar-refractivity contribution in [2.45, 2.75) is 38.1 Å². The molecule has 0 spiro atoms. The van der Waals surface area contributed by atoms with Crippen LogP contribution in [0.25, 0.3) is 10.7 Å². The lowest BCUT2D eigenvalue weighted by Gasteiger charge is -2.21. The highest BCUT2D eigenvalue weighted by Gasteiger charge is 2.33. The van der Waals surface area contributed by atoms with E-state index in [9.17, 15) is 9.59 Å². The minimum atomic E-state index is -0.923. The molecule has 8 heteroatoms. The van der Waals surface area contributed by atoms with Crippen LogP contribution >= 0.6 is 11.3 Å². The quantitative estimate of drug-likeness (QED) is 0.869. The van der Waals surface area contributed by atoms with E-state index in [1.54, 1.807) is 0 Å². The van der Waals surface area contributed by atoms with E-state index in [2.05, 4.69) is 10.1 Å². The topological polar surface area (TPSA) is 96.5 Å². The number of carboxylic acid groups (broad SMARTS) is 1. The fourth-order valence-electron chi connectivity index (χ4n) is 2.72. The molecule has 0 aliphatic carbocycles. The van der Waals surface area contributed by atoms with Gasteiger partial charge >= 0.3 is 5.97 Å². The summed E-state index contributed by atoms with van der Waals surface area (Å²) in [6.07, 6.45) is 2.65. The molecule has 0 bridgehead atoms. The Morgan fingerprint density at radius 1 is 1.48 bits per heavy atom. The zero-order valence-corrected chi connectivity index (χ0v) is 13.3. The lowest BCUT2D eigenvalue weighted by molar-refractivity contribution is -0.148. The number of amides is 1. The van der Waals surface area contributed by atoms with Crippen LogP contribution in [0.2, 0.25) is 0 Å². The molecule has 3 heterocycles. The maximum absolute atomic E-state index is 12.1. The van der Waals surface area contributed by atoms with Crippen molar-refractivity contribution >= 4 is 23.2 Å². The molecule has 0 saturated carbocycles. The molecule has 1 aliphatic heterocycles. The van der Waals surface area contributed by atoms with Crippen LogP contribution in [0.1, 0.15) is 31.6 Å². The number of carbonyl (C=O) groups is 2. The molecule has 7 nitrogen and oxygen atoms in total. The van der Waals surface area contributed by atoms with Crippen LogP contribution in [0, 0.1) is 0 Å². The summed E-state index contributed by atoms with van der Waals surface area (Å²) in [5.41, 5.74) is 0. The Kier molecular flexibility index (Phi) is 4.71. The normalized spacial score (nSPS) is 17.6. The van der Waals surface area contributed by atoms with Crippen molar-refractivity contribution in [2.24, 2.45) is 0 Å². The third-order valence-electron chi connectivity index (χ3n) is 3.85. The second-order valence-corrected chi connectivity index (χ2v) is 6.37. The molecule has 1 saturated heterocycles. The Morgan fingerprint density at radius 2 is 2.35 bits per heavy atom. The molecule has 3 rings (SSSR count). The average Bonchev–Trinajstić information content (AvgIpc) is 3.27. The van der Waals surface area contributed by atoms with Crippen molar-refractivity contribution in [1.82, 2.24) is 15.0 Å². The van der Waals surface area contributed by atoms with Gasteiger partial charge in [-0.2, -0.15) is 4.98 Å². The van der Waals surface area contributed by atoms with Gasteiger partial charge in [-0.15, -0.1) is 11.3 Å². The van der Waals surface area contributed by atoms with E-state index in [0.717, 1.165) is 11.3 Å². The molecule has 0 aromatic carbocycles. The van der Waals surface area contributed by atoms with Crippen LogP contribution in [-0.4, -0.2) is 44.6 Å². The summed E-state index contributed by atoms with van der Waals surface area (Å²) in [5, 5.41) is 15.0. The van der Waals surface area contributed by atoms with Gasteiger partial charge in [0.15, 0.2) is 0 Å². The van der Waals surface area contributed by atoms with Gasteiger partial charge in [-0.1, -0.05) is 11.2 Å². The summed E-state index contributed by atoms with van der Waals surface area (Å²) in [5.74, 6) is 0.0189. The van der Waals surface area contributed by atoms with Crippen molar-refractivity contribution in [3.05, 3.63) is 23.4 Å². The van der Waals surface area contributed by atoms with Crippen molar-refractivity contribution in [3.8, 4) is 10.7 Å². The summed E-state index contributed by atoms with van der Waals surface area (Å²) in [7, 11) is 0. The summed E-state index contributed by atoms with van der Waals surface area (Å²) in [4.78, 5) is 30.0. The predicted molar refractivity (Wildman–Crippen MR) is 82.9 cm³/mol. The number of aliphatic carboxylic acids is 1. The monoisotopic (exact) mass is 335 g/mol. The molecule has 1 atom stereocenters. The van der Waals surface area contributed by atoms with E-state index in [-0.39, 0.29) is 5.91 Å². The standard InChI is InChI=1S/C15H17N3O4S/c19-13(18-8-2-4-10(18)15(20)21)7-1-6-12-16-14(17-22-12)11-5-3-9-23-11/h3,5,9-10H,1-2,4,6-8H2,(H,20,21)/t10-/m1/s1. The Bertz CT molecular complexity index is 683. The lowest BCUT2D eigenvalue weighted by Crippen LogP contribution is -2.40. The predicted octanol–water partition coefficient (Wildman–Crippen LogP) is 2.20. The second kappa shape index (κ2) is 6.91. The van der Waals surface area contributed by atoms with Gasteiger partial charge in [-0.25, -0.2) is 4.79 Å². The molecule has 1 N–H and O–H groups in total. The summed E-state index contributed by atoms with van der Waals surface area (Å²) in [6, 6.07) is 3.17. The van der Waals surface area contributed by atoms with Crippen LogP contribution in [-0.2, 0) is 16.0 Å². The largest absolute Gasteiger partial charge is 0.480 e. The molecule has 23 heavy (non-hydrogen) atoms. The van der Waals surface area contributed by atoms with Crippen LogP contribution in [0.5, 0.6) is 0 Å². The van der Waals surface area contributed by atoms with Crippen molar-refractivity contribution < 1.29 is 19.2 Å². The van der Waals surface area contributed by atoms with E-state index < -0.39 is 12.0 Å². The van der Waals surface area contributed by atoms with Crippen LogP contribution < -0.4 is 0 Å². The van der Waals surface area contributed by atoms with Crippen molar-refractivity contribution in [3.63, 3.8) is 0 Å². The average molecular weight is 335 g/mol. The Labute approximate surface area is 136 Å². The first-order valence-electron chi connectivity index (χ1n) is 7.54. The third-order valence-corrected chi connectivity index (χ3v) is 4.71. The third kappa shape index (κ3) is 3.58. The van der Waals surface area contributed by atoms with Gasteiger partial charge in [0.05, 0.1) is 4.88 Å². The number of nitrogens with zero attached hydrogens (tertiary/aromatic N) is 3. The van der Waals surface area contributed by atoms with Crippen LogP contribution in [0.4, 0.5) is 0 Å². The fourth-order valence-corrected chi connectivity index (χ4v) is 3.37. The first-order chi connectivity index (χ1) is 11.1. The SMILES string of the molecule is O=C(O)[C@H]1CCCN1C(=O)CCCc1nc(-c2cccs2)no1. The van der Waals surface area contributed by atoms with Crippen LogP contribution in [0.3, 0.4) is 0 Å². The molecule has 2 aromatic rings. The van der Waals surface area contributed by atoms with E-state index in [0.29, 0.717) is 43.9 Å². The molecule has 1 amide bonds. The highest BCUT2D eigenvalue weighted by atomic mass is 32.1. The van der Waals surface area contributed by atoms with Crippen molar-refractivity contribution in [2.75, 3.05) is 6.54 Å². The van der Waals surface area contributed by atoms with E-state index in [4.69, 9.17) is 9.63 Å².